The van der Waals surface area contributed by atoms with E-state index in [2.05, 4.69) is 15.9 Å². The highest BCUT2D eigenvalue weighted by Crippen LogP contribution is 2.40. The molecule has 6 nitrogen and oxygen atoms in total. The number of carbonyl (C=O) groups is 1. The smallest absolute Gasteiger partial charge is 0.339 e. The van der Waals surface area contributed by atoms with Gasteiger partial charge in [0, 0.05) is 46.4 Å². The molecular weight excluding hydrogens is 534 g/mol. The Kier molecular flexibility index (Phi) is 7.46. The van der Waals surface area contributed by atoms with Crippen molar-refractivity contribution in [1.29, 1.82) is 0 Å². The first-order chi connectivity index (χ1) is 17.7. The minimum atomic E-state index is -0.608. The standard InChI is InChI=1S/C30H34BrNO5/c1-19-24-9-11-26(36-18-21-6-5-8-23(31)16-21)20(2)28(24)37-29(34)25(19)10-12-27(33)32-15-14-30(35)13-4-3-7-22(30)17-32/h5-6,8-9,11,16,22,35H,3-4,7,10,12-15,17-18H2,1-2H3/t22-,30-/m1/s1. The van der Waals surface area contributed by atoms with E-state index in [1.807, 2.05) is 55.1 Å². The van der Waals surface area contributed by atoms with Gasteiger partial charge in [-0.15, -0.1) is 0 Å². The number of likely N-dealkylation sites (tertiary alicyclic amines) is 1. The van der Waals surface area contributed by atoms with Crippen LogP contribution in [0, 0.1) is 19.8 Å². The van der Waals surface area contributed by atoms with Crippen molar-refractivity contribution in [2.45, 2.75) is 71.0 Å². The van der Waals surface area contributed by atoms with Crippen LogP contribution in [-0.2, 0) is 17.8 Å². The highest BCUT2D eigenvalue weighted by atomic mass is 79.9. The van der Waals surface area contributed by atoms with Gasteiger partial charge in [-0.1, -0.05) is 40.9 Å². The van der Waals surface area contributed by atoms with E-state index >= 15 is 0 Å². The molecule has 2 aromatic carbocycles. The van der Waals surface area contributed by atoms with Crippen molar-refractivity contribution in [2.75, 3.05) is 13.1 Å². The number of piperidine rings is 1. The Balaban J connectivity index is 1.29. The Labute approximate surface area is 225 Å². The summed E-state index contributed by atoms with van der Waals surface area (Å²) in [5.41, 5.74) is 2.73. The van der Waals surface area contributed by atoms with Gasteiger partial charge < -0.3 is 19.2 Å². The van der Waals surface area contributed by atoms with Crippen LogP contribution in [0.15, 0.2) is 50.1 Å². The predicted octanol–water partition coefficient (Wildman–Crippen LogP) is 5.84. The van der Waals surface area contributed by atoms with Crippen LogP contribution in [0.2, 0.25) is 0 Å². The average Bonchev–Trinajstić information content (AvgIpc) is 2.88. The highest BCUT2D eigenvalue weighted by Gasteiger charge is 2.43. The number of nitrogens with zero attached hydrogens (tertiary/aromatic N) is 1. The lowest BCUT2D eigenvalue weighted by Crippen LogP contribution is -2.54. The molecule has 2 fully saturated rings. The molecule has 2 aliphatic rings. The average molecular weight is 569 g/mol. The van der Waals surface area contributed by atoms with Gasteiger partial charge in [0.15, 0.2) is 0 Å². The molecule has 196 valence electrons. The summed E-state index contributed by atoms with van der Waals surface area (Å²) in [5.74, 6) is 0.874. The molecule has 1 aliphatic heterocycles. The number of benzene rings is 2. The molecule has 0 spiro atoms. The van der Waals surface area contributed by atoms with Crippen LogP contribution < -0.4 is 10.4 Å². The van der Waals surface area contributed by atoms with E-state index in [0.717, 1.165) is 52.2 Å². The van der Waals surface area contributed by atoms with Gasteiger partial charge >= 0.3 is 5.63 Å². The summed E-state index contributed by atoms with van der Waals surface area (Å²) in [7, 11) is 0. The van der Waals surface area contributed by atoms with Crippen molar-refractivity contribution in [1.82, 2.24) is 4.90 Å². The number of halogens is 1. The number of carbonyl (C=O) groups excluding carboxylic acids is 1. The second-order valence-electron chi connectivity index (χ2n) is 10.6. The van der Waals surface area contributed by atoms with Crippen LogP contribution in [-0.4, -0.2) is 34.6 Å². The van der Waals surface area contributed by atoms with Crippen LogP contribution in [0.5, 0.6) is 5.75 Å². The van der Waals surface area contributed by atoms with E-state index in [1.165, 1.54) is 0 Å². The minimum absolute atomic E-state index is 0.0407. The van der Waals surface area contributed by atoms with E-state index in [4.69, 9.17) is 9.15 Å². The van der Waals surface area contributed by atoms with E-state index in [1.54, 1.807) is 0 Å². The van der Waals surface area contributed by atoms with Gasteiger partial charge in [-0.3, -0.25) is 4.79 Å². The Morgan fingerprint density at radius 2 is 2.03 bits per heavy atom. The van der Waals surface area contributed by atoms with Gasteiger partial charge in [-0.2, -0.15) is 0 Å². The summed E-state index contributed by atoms with van der Waals surface area (Å²) in [4.78, 5) is 27.9. The predicted molar refractivity (Wildman–Crippen MR) is 147 cm³/mol. The fourth-order valence-corrected chi connectivity index (χ4v) is 6.44. The van der Waals surface area contributed by atoms with Gasteiger partial charge in [0.05, 0.1) is 5.60 Å². The number of aryl methyl sites for hydroxylation is 2. The number of amides is 1. The summed E-state index contributed by atoms with van der Waals surface area (Å²) in [6, 6.07) is 11.8. The topological polar surface area (TPSA) is 80.0 Å². The van der Waals surface area contributed by atoms with Crippen molar-refractivity contribution in [3.63, 3.8) is 0 Å². The van der Waals surface area contributed by atoms with E-state index in [9.17, 15) is 14.7 Å². The Morgan fingerprint density at radius 3 is 2.84 bits per heavy atom. The number of hydrogen-bond acceptors (Lipinski definition) is 5. The molecule has 37 heavy (non-hydrogen) atoms. The van der Waals surface area contributed by atoms with Crippen molar-refractivity contribution in [3.05, 3.63) is 73.5 Å². The normalized spacial score (nSPS) is 21.6. The third-order valence-electron chi connectivity index (χ3n) is 8.31. The summed E-state index contributed by atoms with van der Waals surface area (Å²) in [5, 5.41) is 11.8. The third-order valence-corrected chi connectivity index (χ3v) is 8.80. The second-order valence-corrected chi connectivity index (χ2v) is 11.5. The van der Waals surface area contributed by atoms with Crippen LogP contribution in [0.1, 0.15) is 60.8 Å². The van der Waals surface area contributed by atoms with Crippen molar-refractivity contribution < 1.29 is 19.1 Å². The first-order valence-corrected chi connectivity index (χ1v) is 14.0. The molecule has 1 amide bonds. The van der Waals surface area contributed by atoms with Crippen LogP contribution >= 0.6 is 15.9 Å². The number of aliphatic hydroxyl groups is 1. The van der Waals surface area contributed by atoms with E-state index in [-0.39, 0.29) is 18.2 Å². The van der Waals surface area contributed by atoms with Crippen LogP contribution in [0.4, 0.5) is 0 Å². The third kappa shape index (κ3) is 5.34. The number of ether oxygens (including phenoxy) is 1. The molecule has 1 aliphatic carbocycles. The molecule has 2 heterocycles. The quantitative estimate of drug-likeness (QED) is 0.378. The van der Waals surface area contributed by atoms with Gasteiger partial charge in [-0.05, 0) is 74.9 Å². The minimum Gasteiger partial charge on any atom is -0.488 e. The Bertz CT molecular complexity index is 1380. The molecule has 1 aromatic heterocycles. The molecule has 2 atom stereocenters. The lowest BCUT2D eigenvalue weighted by molar-refractivity contribution is -0.143. The number of fused-ring (bicyclic) bond motifs is 2. The van der Waals surface area contributed by atoms with Crippen molar-refractivity contribution in [2.24, 2.45) is 5.92 Å². The summed E-state index contributed by atoms with van der Waals surface area (Å²) < 4.78 is 12.8. The fraction of sp³-hybridized carbons (Fsp3) is 0.467. The summed E-state index contributed by atoms with van der Waals surface area (Å²) in [6.07, 6.45) is 5.24. The lowest BCUT2D eigenvalue weighted by Gasteiger charge is -2.47. The first kappa shape index (κ1) is 26.0. The van der Waals surface area contributed by atoms with Gasteiger partial charge in [0.25, 0.3) is 0 Å². The molecule has 7 heteroatoms. The molecule has 0 radical (unpaired) electrons. The van der Waals surface area contributed by atoms with Gasteiger partial charge in [-0.25, -0.2) is 4.79 Å². The maximum atomic E-state index is 13.0. The van der Waals surface area contributed by atoms with Crippen LogP contribution in [0.3, 0.4) is 0 Å². The van der Waals surface area contributed by atoms with Crippen LogP contribution in [0.25, 0.3) is 11.0 Å². The first-order valence-electron chi connectivity index (χ1n) is 13.2. The van der Waals surface area contributed by atoms with Crippen molar-refractivity contribution >= 4 is 32.8 Å². The number of hydrogen-bond donors (Lipinski definition) is 1. The summed E-state index contributed by atoms with van der Waals surface area (Å²) >= 11 is 3.48. The Morgan fingerprint density at radius 1 is 1.19 bits per heavy atom. The second kappa shape index (κ2) is 10.6. The molecule has 1 saturated carbocycles. The zero-order valence-corrected chi connectivity index (χ0v) is 23.1. The maximum absolute atomic E-state index is 13.0. The Hall–Kier alpha value is -2.64. The molecular formula is C30H34BrNO5. The lowest BCUT2D eigenvalue weighted by atomic mass is 9.71. The fourth-order valence-electron chi connectivity index (χ4n) is 5.99. The monoisotopic (exact) mass is 567 g/mol. The van der Waals surface area contributed by atoms with Gasteiger partial charge in [0.2, 0.25) is 5.91 Å². The van der Waals surface area contributed by atoms with Gasteiger partial charge in [0.1, 0.15) is 17.9 Å². The summed E-state index contributed by atoms with van der Waals surface area (Å²) in [6.45, 7) is 5.42. The zero-order chi connectivity index (χ0) is 26.2. The molecule has 1 saturated heterocycles. The molecule has 1 N–H and O–H groups in total. The molecule has 3 aromatic rings. The maximum Gasteiger partial charge on any atom is 0.339 e. The molecule has 0 bridgehead atoms. The van der Waals surface area contributed by atoms with E-state index in [0.29, 0.717) is 49.4 Å². The van der Waals surface area contributed by atoms with Crippen molar-refractivity contribution in [3.8, 4) is 5.75 Å². The number of rotatable bonds is 6. The molecule has 5 rings (SSSR count). The SMILES string of the molecule is Cc1c(CCC(=O)N2CC[C@]3(O)CCCC[C@@H]3C2)c(=O)oc2c(C)c(OCc3cccc(Br)c3)ccc12. The van der Waals surface area contributed by atoms with E-state index < -0.39 is 11.2 Å². The molecule has 0 unspecified atom stereocenters. The highest BCUT2D eigenvalue weighted by molar-refractivity contribution is 9.10. The zero-order valence-electron chi connectivity index (χ0n) is 21.5. The largest absolute Gasteiger partial charge is 0.488 e.